The van der Waals surface area contributed by atoms with E-state index in [1.807, 2.05) is 6.92 Å². The molecule has 0 saturated carbocycles. The molecule has 5 nitrogen and oxygen atoms in total. The first-order valence-corrected chi connectivity index (χ1v) is 12.3. The van der Waals surface area contributed by atoms with Gasteiger partial charge < -0.3 is 19.3 Å². The second-order valence-corrected chi connectivity index (χ2v) is 8.30. The van der Waals surface area contributed by atoms with Crippen LogP contribution in [0.25, 0.3) is 0 Å². The lowest BCUT2D eigenvalue weighted by molar-refractivity contribution is -0.160. The van der Waals surface area contributed by atoms with Gasteiger partial charge >= 0.3 is 5.97 Å². The summed E-state index contributed by atoms with van der Waals surface area (Å²) in [6.07, 6.45) is 11.6. The second-order valence-electron chi connectivity index (χ2n) is 8.30. The zero-order valence-electron chi connectivity index (χ0n) is 19.6. The standard InChI is InChI=1S/C24H46F2O5/c1-22(20-27)21-31-23(28)14-15-24(29-18-12-8-4-2-6-10-16-25)30-19-13-9-5-3-7-11-17-26/h22,24,27H,2-21H2,1H3. The Morgan fingerprint density at radius 2 is 1.23 bits per heavy atom. The number of alkyl halides is 2. The molecule has 0 aliphatic rings. The normalized spacial score (nSPS) is 12.4. The van der Waals surface area contributed by atoms with Crippen LogP contribution in [-0.4, -0.2) is 57.1 Å². The highest BCUT2D eigenvalue weighted by atomic mass is 19.1. The molecule has 186 valence electrons. The minimum Gasteiger partial charge on any atom is -0.465 e. The smallest absolute Gasteiger partial charge is 0.305 e. The molecule has 7 heteroatoms. The highest BCUT2D eigenvalue weighted by Crippen LogP contribution is 2.12. The van der Waals surface area contributed by atoms with Crippen molar-refractivity contribution >= 4 is 5.97 Å². The maximum Gasteiger partial charge on any atom is 0.305 e. The van der Waals surface area contributed by atoms with Crippen molar-refractivity contribution in [2.24, 2.45) is 5.92 Å². The Balaban J connectivity index is 4.04. The van der Waals surface area contributed by atoms with E-state index >= 15 is 0 Å². The molecule has 0 spiro atoms. The number of esters is 1. The van der Waals surface area contributed by atoms with Crippen molar-refractivity contribution in [3.05, 3.63) is 0 Å². The number of unbranched alkanes of at least 4 members (excludes halogenated alkanes) is 10. The van der Waals surface area contributed by atoms with Gasteiger partial charge in [0.25, 0.3) is 0 Å². The molecule has 0 aliphatic heterocycles. The van der Waals surface area contributed by atoms with E-state index < -0.39 is 6.29 Å². The van der Waals surface area contributed by atoms with Gasteiger partial charge in [0.1, 0.15) is 0 Å². The lowest BCUT2D eigenvalue weighted by Crippen LogP contribution is -2.21. The summed E-state index contributed by atoms with van der Waals surface area (Å²) < 4.78 is 41.0. The van der Waals surface area contributed by atoms with Crippen LogP contribution in [0.1, 0.15) is 96.8 Å². The van der Waals surface area contributed by atoms with Gasteiger partial charge in [0.15, 0.2) is 6.29 Å². The Morgan fingerprint density at radius 1 is 0.774 bits per heavy atom. The van der Waals surface area contributed by atoms with Crippen LogP contribution in [0.4, 0.5) is 8.78 Å². The summed E-state index contributed by atoms with van der Waals surface area (Å²) in [5, 5.41) is 9.00. The number of aliphatic hydroxyl groups is 1. The molecule has 0 aromatic carbocycles. The third-order valence-corrected chi connectivity index (χ3v) is 5.09. The lowest BCUT2D eigenvalue weighted by Gasteiger charge is -2.19. The fraction of sp³-hybridized carbons (Fsp3) is 0.958. The van der Waals surface area contributed by atoms with Gasteiger partial charge in [-0.3, -0.25) is 13.6 Å². The molecule has 0 rings (SSSR count). The third-order valence-electron chi connectivity index (χ3n) is 5.09. The van der Waals surface area contributed by atoms with Crippen molar-refractivity contribution < 1.29 is 32.9 Å². The van der Waals surface area contributed by atoms with Gasteiger partial charge in [0, 0.05) is 32.2 Å². The van der Waals surface area contributed by atoms with E-state index in [1.165, 1.54) is 0 Å². The minimum atomic E-state index is -0.430. The summed E-state index contributed by atoms with van der Waals surface area (Å²) in [5.41, 5.74) is 0. The largest absolute Gasteiger partial charge is 0.465 e. The molecule has 0 aromatic rings. The first kappa shape index (κ1) is 30.2. The zero-order chi connectivity index (χ0) is 23.0. The predicted octanol–water partition coefficient (Wildman–Crippen LogP) is 5.92. The summed E-state index contributed by atoms with van der Waals surface area (Å²) >= 11 is 0. The van der Waals surface area contributed by atoms with Gasteiger partial charge in [-0.05, 0) is 25.7 Å². The van der Waals surface area contributed by atoms with Gasteiger partial charge in [0.2, 0.25) is 0 Å². The molecule has 0 radical (unpaired) electrons. The summed E-state index contributed by atoms with van der Waals surface area (Å²) in [6, 6.07) is 0. The SMILES string of the molecule is CC(CO)COC(=O)CCC(OCCCCCCCCF)OCCCCCCCCF. The van der Waals surface area contributed by atoms with Crippen LogP contribution in [0.15, 0.2) is 0 Å². The number of rotatable bonds is 24. The van der Waals surface area contributed by atoms with Gasteiger partial charge in [-0.1, -0.05) is 58.3 Å². The fourth-order valence-electron chi connectivity index (χ4n) is 3.05. The van der Waals surface area contributed by atoms with Crippen molar-refractivity contribution in [1.29, 1.82) is 0 Å². The van der Waals surface area contributed by atoms with E-state index in [-0.39, 0.29) is 44.9 Å². The van der Waals surface area contributed by atoms with Crippen molar-refractivity contribution in [3.63, 3.8) is 0 Å². The Bertz CT molecular complexity index is 365. The molecule has 0 bridgehead atoms. The molecular weight excluding hydrogens is 406 g/mol. The molecule has 1 unspecified atom stereocenters. The molecule has 0 aromatic heterocycles. The Morgan fingerprint density at radius 3 is 1.68 bits per heavy atom. The maximum atomic E-state index is 12.1. The third kappa shape index (κ3) is 22.2. The average Bonchev–Trinajstić information content (AvgIpc) is 2.78. The van der Waals surface area contributed by atoms with Crippen molar-refractivity contribution in [1.82, 2.24) is 0 Å². The van der Waals surface area contributed by atoms with Crippen LogP contribution in [0.2, 0.25) is 0 Å². The van der Waals surface area contributed by atoms with Crippen LogP contribution in [-0.2, 0) is 19.0 Å². The minimum absolute atomic E-state index is 0.0102. The lowest BCUT2D eigenvalue weighted by atomic mass is 10.1. The zero-order valence-corrected chi connectivity index (χ0v) is 19.6. The van der Waals surface area contributed by atoms with Gasteiger partial charge in [0.05, 0.1) is 26.4 Å². The molecule has 1 atom stereocenters. The molecule has 0 amide bonds. The Labute approximate surface area is 188 Å². The van der Waals surface area contributed by atoms with Crippen LogP contribution in [0.5, 0.6) is 0 Å². The van der Waals surface area contributed by atoms with E-state index in [1.54, 1.807) is 0 Å². The van der Waals surface area contributed by atoms with Crippen molar-refractivity contribution in [2.75, 3.05) is 39.8 Å². The number of ether oxygens (including phenoxy) is 3. The number of aliphatic hydroxyl groups excluding tert-OH is 1. The summed E-state index contributed by atoms with van der Waals surface area (Å²) in [4.78, 5) is 11.9. The Hall–Kier alpha value is -0.790. The number of hydrogen-bond acceptors (Lipinski definition) is 5. The topological polar surface area (TPSA) is 65.0 Å². The van der Waals surface area contributed by atoms with E-state index in [0.29, 0.717) is 32.5 Å². The molecule has 0 aliphatic carbocycles. The Kier molecular flexibility index (Phi) is 23.3. The number of hydrogen-bond donors (Lipinski definition) is 1. The first-order chi connectivity index (χ1) is 15.1. The monoisotopic (exact) mass is 452 g/mol. The van der Waals surface area contributed by atoms with E-state index in [2.05, 4.69) is 0 Å². The summed E-state index contributed by atoms with van der Waals surface area (Å²) in [6.45, 7) is 2.71. The van der Waals surface area contributed by atoms with Gasteiger partial charge in [-0.15, -0.1) is 0 Å². The second kappa shape index (κ2) is 23.9. The highest BCUT2D eigenvalue weighted by molar-refractivity contribution is 5.69. The van der Waals surface area contributed by atoms with E-state index in [4.69, 9.17) is 19.3 Å². The van der Waals surface area contributed by atoms with Crippen LogP contribution >= 0.6 is 0 Å². The molecule has 0 heterocycles. The molecule has 31 heavy (non-hydrogen) atoms. The number of carbonyl (C=O) groups excluding carboxylic acids is 1. The first-order valence-electron chi connectivity index (χ1n) is 12.3. The quantitative estimate of drug-likeness (QED) is 0.112. The molecule has 0 fully saturated rings. The highest BCUT2D eigenvalue weighted by Gasteiger charge is 2.14. The van der Waals surface area contributed by atoms with Crippen LogP contribution in [0, 0.1) is 5.92 Å². The predicted molar refractivity (Wildman–Crippen MR) is 119 cm³/mol. The number of halogens is 2. The van der Waals surface area contributed by atoms with Crippen LogP contribution < -0.4 is 0 Å². The van der Waals surface area contributed by atoms with Crippen LogP contribution in [0.3, 0.4) is 0 Å². The summed E-state index contributed by atoms with van der Waals surface area (Å²) in [7, 11) is 0. The molecule has 0 saturated heterocycles. The van der Waals surface area contributed by atoms with Gasteiger partial charge in [-0.25, -0.2) is 0 Å². The van der Waals surface area contributed by atoms with E-state index in [0.717, 1.165) is 64.2 Å². The summed E-state index contributed by atoms with van der Waals surface area (Å²) in [5.74, 6) is -0.375. The van der Waals surface area contributed by atoms with E-state index in [9.17, 15) is 13.6 Å². The van der Waals surface area contributed by atoms with Gasteiger partial charge in [-0.2, -0.15) is 0 Å². The maximum absolute atomic E-state index is 12.1. The van der Waals surface area contributed by atoms with Crippen molar-refractivity contribution in [3.8, 4) is 0 Å². The number of carbonyl (C=O) groups is 1. The molecule has 1 N–H and O–H groups in total. The average molecular weight is 453 g/mol. The molecular formula is C24H46F2O5. The fourth-order valence-corrected chi connectivity index (χ4v) is 3.05. The van der Waals surface area contributed by atoms with Crippen molar-refractivity contribution in [2.45, 2.75) is 103 Å².